The molecule has 1 aromatic heterocycles. The molecule has 0 aliphatic rings. The summed E-state index contributed by atoms with van der Waals surface area (Å²) in [6.07, 6.45) is 1.02. The molecule has 0 saturated carbocycles. The molecule has 1 heterocycles. The van der Waals surface area contributed by atoms with Crippen LogP contribution in [0.25, 0.3) is 0 Å². The van der Waals surface area contributed by atoms with Gasteiger partial charge in [-0.05, 0) is 31.8 Å². The number of carbonyl (C=O) groups is 1. The second kappa shape index (κ2) is 7.31. The first-order valence-corrected chi connectivity index (χ1v) is 7.34. The number of imidazole rings is 1. The molecule has 0 spiro atoms. The number of rotatable bonds is 7. The maximum Gasteiger partial charge on any atom is 0.360 e. The van der Waals surface area contributed by atoms with Crippen molar-refractivity contribution < 1.29 is 9.53 Å². The second-order valence-electron chi connectivity index (χ2n) is 3.82. The lowest BCUT2D eigenvalue weighted by molar-refractivity contribution is 0.0521. The number of esters is 1. The zero-order valence-corrected chi connectivity index (χ0v) is 12.0. The van der Waals surface area contributed by atoms with Crippen molar-refractivity contribution in [2.24, 2.45) is 0 Å². The monoisotopic (exact) mass is 271 g/mol. The van der Waals surface area contributed by atoms with E-state index < -0.39 is 5.97 Å². The van der Waals surface area contributed by atoms with Crippen LogP contribution in [0.5, 0.6) is 0 Å². The van der Waals surface area contributed by atoms with Gasteiger partial charge in [0.25, 0.3) is 0 Å². The third-order valence-corrected chi connectivity index (χ3v) is 3.53. The van der Waals surface area contributed by atoms with Crippen LogP contribution >= 0.6 is 11.8 Å². The standard InChI is InChI=1S/C12H21N3O2S/c1-4-17-12(16)10-11(13)15(9(3)14-10)7-6-8-18-5-2/h4-8,13H2,1-3H3. The minimum atomic E-state index is -0.445. The van der Waals surface area contributed by atoms with Crippen molar-refractivity contribution in [3.05, 3.63) is 11.5 Å². The molecule has 0 atom stereocenters. The van der Waals surface area contributed by atoms with Gasteiger partial charge in [-0.25, -0.2) is 9.78 Å². The Bertz CT molecular complexity index is 404. The summed E-state index contributed by atoms with van der Waals surface area (Å²) >= 11 is 1.89. The Morgan fingerprint density at radius 1 is 1.50 bits per heavy atom. The number of thioether (sulfide) groups is 1. The number of nitrogens with two attached hydrogens (primary N) is 1. The Morgan fingerprint density at radius 2 is 2.22 bits per heavy atom. The molecule has 0 bridgehead atoms. The molecular formula is C12H21N3O2S. The zero-order valence-electron chi connectivity index (χ0n) is 11.2. The van der Waals surface area contributed by atoms with Gasteiger partial charge in [0, 0.05) is 6.54 Å². The van der Waals surface area contributed by atoms with Gasteiger partial charge in [0.1, 0.15) is 11.6 Å². The summed E-state index contributed by atoms with van der Waals surface area (Å²) in [5.74, 6) is 2.93. The van der Waals surface area contributed by atoms with E-state index in [1.165, 1.54) is 0 Å². The van der Waals surface area contributed by atoms with Crippen molar-refractivity contribution in [2.75, 3.05) is 23.8 Å². The fourth-order valence-electron chi connectivity index (χ4n) is 1.68. The molecule has 1 aromatic rings. The molecule has 2 N–H and O–H groups in total. The quantitative estimate of drug-likeness (QED) is 0.607. The largest absolute Gasteiger partial charge is 0.461 e. The van der Waals surface area contributed by atoms with E-state index in [0.717, 1.165) is 30.3 Å². The van der Waals surface area contributed by atoms with E-state index in [9.17, 15) is 4.79 Å². The smallest absolute Gasteiger partial charge is 0.360 e. The van der Waals surface area contributed by atoms with Crippen molar-refractivity contribution in [1.82, 2.24) is 9.55 Å². The summed E-state index contributed by atoms with van der Waals surface area (Å²) < 4.78 is 6.80. The van der Waals surface area contributed by atoms with Crippen LogP contribution in [0.15, 0.2) is 0 Å². The molecule has 0 fully saturated rings. The minimum Gasteiger partial charge on any atom is -0.461 e. The Kier molecular flexibility index (Phi) is 6.04. The van der Waals surface area contributed by atoms with Gasteiger partial charge >= 0.3 is 5.97 Å². The molecule has 6 heteroatoms. The highest BCUT2D eigenvalue weighted by Crippen LogP contribution is 2.16. The maximum absolute atomic E-state index is 11.6. The van der Waals surface area contributed by atoms with E-state index >= 15 is 0 Å². The number of nitrogens with zero attached hydrogens (tertiary/aromatic N) is 2. The van der Waals surface area contributed by atoms with Crippen molar-refractivity contribution in [3.8, 4) is 0 Å². The molecule has 18 heavy (non-hydrogen) atoms. The van der Waals surface area contributed by atoms with Crippen LogP contribution in [0.2, 0.25) is 0 Å². The Morgan fingerprint density at radius 3 is 2.83 bits per heavy atom. The highest BCUT2D eigenvalue weighted by molar-refractivity contribution is 7.99. The lowest BCUT2D eigenvalue weighted by Crippen LogP contribution is -2.10. The summed E-state index contributed by atoms with van der Waals surface area (Å²) in [4.78, 5) is 15.8. The number of hydrogen-bond donors (Lipinski definition) is 1. The molecule has 0 radical (unpaired) electrons. The first kappa shape index (κ1) is 14.9. The number of aryl methyl sites for hydroxylation is 1. The molecule has 0 aliphatic carbocycles. The normalized spacial score (nSPS) is 10.6. The van der Waals surface area contributed by atoms with Crippen molar-refractivity contribution in [3.63, 3.8) is 0 Å². The Labute approximate surface area is 112 Å². The fourth-order valence-corrected chi connectivity index (χ4v) is 2.30. The van der Waals surface area contributed by atoms with Crippen LogP contribution in [-0.4, -0.2) is 33.6 Å². The van der Waals surface area contributed by atoms with Crippen LogP contribution in [0.3, 0.4) is 0 Å². The van der Waals surface area contributed by atoms with Gasteiger partial charge in [-0.3, -0.25) is 0 Å². The number of anilines is 1. The molecule has 102 valence electrons. The van der Waals surface area contributed by atoms with Crippen molar-refractivity contribution >= 4 is 23.5 Å². The van der Waals surface area contributed by atoms with Crippen LogP contribution in [0.4, 0.5) is 5.82 Å². The van der Waals surface area contributed by atoms with Gasteiger partial charge in [-0.1, -0.05) is 6.92 Å². The van der Waals surface area contributed by atoms with Crippen molar-refractivity contribution in [2.45, 2.75) is 33.7 Å². The van der Waals surface area contributed by atoms with E-state index in [1.807, 2.05) is 23.3 Å². The second-order valence-corrected chi connectivity index (χ2v) is 5.21. The van der Waals surface area contributed by atoms with Gasteiger partial charge in [0.15, 0.2) is 5.69 Å². The first-order valence-electron chi connectivity index (χ1n) is 6.19. The molecule has 1 rings (SSSR count). The van der Waals surface area contributed by atoms with Crippen LogP contribution in [0, 0.1) is 6.92 Å². The lowest BCUT2D eigenvalue weighted by Gasteiger charge is -2.07. The lowest BCUT2D eigenvalue weighted by atomic mass is 10.4. The molecule has 0 aliphatic heterocycles. The molecule has 0 unspecified atom stereocenters. The van der Waals surface area contributed by atoms with Gasteiger partial charge in [0.05, 0.1) is 6.61 Å². The SMILES string of the molecule is CCOC(=O)c1nc(C)n(CCCSCC)c1N. The van der Waals surface area contributed by atoms with E-state index in [1.54, 1.807) is 6.92 Å². The predicted octanol–water partition coefficient (Wildman–Crippen LogP) is 2.09. The average Bonchev–Trinajstić information content (AvgIpc) is 2.62. The highest BCUT2D eigenvalue weighted by Gasteiger charge is 2.19. The minimum absolute atomic E-state index is 0.234. The predicted molar refractivity (Wildman–Crippen MR) is 74.9 cm³/mol. The molecule has 5 nitrogen and oxygen atoms in total. The van der Waals surface area contributed by atoms with Crippen LogP contribution in [0.1, 0.15) is 36.6 Å². The van der Waals surface area contributed by atoms with E-state index in [4.69, 9.17) is 10.5 Å². The summed E-state index contributed by atoms with van der Waals surface area (Å²) in [6.45, 7) is 6.88. The third-order valence-electron chi connectivity index (χ3n) is 2.54. The van der Waals surface area contributed by atoms with Gasteiger partial charge in [-0.2, -0.15) is 11.8 Å². The molecular weight excluding hydrogens is 250 g/mol. The van der Waals surface area contributed by atoms with Crippen LogP contribution < -0.4 is 5.73 Å². The molecule has 0 saturated heterocycles. The fraction of sp³-hybridized carbons (Fsp3) is 0.667. The van der Waals surface area contributed by atoms with Crippen LogP contribution in [-0.2, 0) is 11.3 Å². The number of nitrogen functional groups attached to an aromatic ring is 1. The number of ether oxygens (including phenoxy) is 1. The number of aromatic nitrogens is 2. The zero-order chi connectivity index (χ0) is 13.5. The summed E-state index contributed by atoms with van der Waals surface area (Å²) in [5.41, 5.74) is 6.18. The molecule has 0 amide bonds. The van der Waals surface area contributed by atoms with E-state index in [2.05, 4.69) is 11.9 Å². The maximum atomic E-state index is 11.6. The third kappa shape index (κ3) is 3.66. The number of carbonyl (C=O) groups excluding carboxylic acids is 1. The summed E-state index contributed by atoms with van der Waals surface area (Å²) in [7, 11) is 0. The summed E-state index contributed by atoms with van der Waals surface area (Å²) in [6, 6.07) is 0. The van der Waals surface area contributed by atoms with Gasteiger partial charge in [-0.15, -0.1) is 0 Å². The topological polar surface area (TPSA) is 70.1 Å². The average molecular weight is 271 g/mol. The number of hydrogen-bond acceptors (Lipinski definition) is 5. The Hall–Kier alpha value is -1.17. The highest BCUT2D eigenvalue weighted by atomic mass is 32.2. The van der Waals surface area contributed by atoms with Crippen molar-refractivity contribution in [1.29, 1.82) is 0 Å². The first-order chi connectivity index (χ1) is 8.61. The summed E-state index contributed by atoms with van der Waals surface area (Å²) in [5, 5.41) is 0. The van der Waals surface area contributed by atoms with E-state index in [0.29, 0.717) is 12.4 Å². The Balaban J connectivity index is 2.71. The van der Waals surface area contributed by atoms with E-state index in [-0.39, 0.29) is 5.69 Å². The van der Waals surface area contributed by atoms with Gasteiger partial charge < -0.3 is 15.0 Å². The van der Waals surface area contributed by atoms with Gasteiger partial charge in [0.2, 0.25) is 0 Å². The molecule has 0 aromatic carbocycles.